The summed E-state index contributed by atoms with van der Waals surface area (Å²) in [5, 5.41) is 0.691. The van der Waals surface area contributed by atoms with Crippen LogP contribution in [0.1, 0.15) is 11.1 Å². The van der Waals surface area contributed by atoms with E-state index in [1.807, 2.05) is 55.5 Å². The summed E-state index contributed by atoms with van der Waals surface area (Å²) in [4.78, 5) is 16.8. The number of piperazine rings is 1. The van der Waals surface area contributed by atoms with E-state index in [1.54, 1.807) is 4.90 Å². The van der Waals surface area contributed by atoms with Crippen molar-refractivity contribution in [3.05, 3.63) is 64.7 Å². The molecule has 0 unspecified atom stereocenters. The lowest BCUT2D eigenvalue weighted by molar-refractivity contribution is -0.131. The van der Waals surface area contributed by atoms with E-state index in [4.69, 9.17) is 11.6 Å². The smallest absolute Gasteiger partial charge is 0.238 e. The average molecular weight is 450 g/mol. The molecule has 1 amide bonds. The first kappa shape index (κ1) is 22.6. The van der Waals surface area contributed by atoms with Gasteiger partial charge in [0.15, 0.2) is 0 Å². The maximum Gasteiger partial charge on any atom is 0.238 e. The van der Waals surface area contributed by atoms with E-state index in [0.717, 1.165) is 23.1 Å². The van der Waals surface area contributed by atoms with E-state index in [2.05, 4.69) is 4.90 Å². The maximum absolute atomic E-state index is 12.8. The van der Waals surface area contributed by atoms with Gasteiger partial charge < -0.3 is 9.80 Å². The number of halogens is 1. The predicted octanol–water partition coefficient (Wildman–Crippen LogP) is 2.80. The number of anilines is 1. The standard InChI is InChI=1S/C22H28ClN3O3S/c1-18-8-9-20(23)16-21(18)24-12-14-25(15-13-24)22(27)17-26(30(2,28)29)11-10-19-6-4-3-5-7-19/h3-9,16H,10-15,17H2,1-2H3. The van der Waals surface area contributed by atoms with Gasteiger partial charge >= 0.3 is 0 Å². The van der Waals surface area contributed by atoms with Crippen LogP contribution >= 0.6 is 11.6 Å². The summed E-state index contributed by atoms with van der Waals surface area (Å²) >= 11 is 6.14. The summed E-state index contributed by atoms with van der Waals surface area (Å²) in [5.41, 5.74) is 3.27. The highest BCUT2D eigenvalue weighted by Gasteiger charge is 2.26. The molecular formula is C22H28ClN3O3S. The lowest BCUT2D eigenvalue weighted by Gasteiger charge is -2.37. The highest BCUT2D eigenvalue weighted by molar-refractivity contribution is 7.88. The molecule has 162 valence electrons. The minimum absolute atomic E-state index is 0.123. The topological polar surface area (TPSA) is 60.9 Å². The highest BCUT2D eigenvalue weighted by atomic mass is 35.5. The Bertz CT molecular complexity index is 974. The first-order chi connectivity index (χ1) is 14.2. The van der Waals surface area contributed by atoms with Gasteiger partial charge in [-0.3, -0.25) is 4.79 Å². The molecule has 0 saturated carbocycles. The largest absolute Gasteiger partial charge is 0.368 e. The minimum Gasteiger partial charge on any atom is -0.368 e. The van der Waals surface area contributed by atoms with Gasteiger partial charge in [0.2, 0.25) is 15.9 Å². The molecule has 1 fully saturated rings. The van der Waals surface area contributed by atoms with Crippen molar-refractivity contribution < 1.29 is 13.2 Å². The van der Waals surface area contributed by atoms with Crippen molar-refractivity contribution in [2.24, 2.45) is 0 Å². The van der Waals surface area contributed by atoms with Crippen molar-refractivity contribution >= 4 is 33.2 Å². The van der Waals surface area contributed by atoms with Crippen LogP contribution in [0.25, 0.3) is 0 Å². The molecule has 1 aliphatic rings. The molecule has 1 heterocycles. The Labute approximate surface area is 184 Å². The Hall–Kier alpha value is -2.09. The Morgan fingerprint density at radius 1 is 1.07 bits per heavy atom. The third-order valence-corrected chi connectivity index (χ3v) is 6.90. The van der Waals surface area contributed by atoms with E-state index >= 15 is 0 Å². The molecule has 6 nitrogen and oxygen atoms in total. The minimum atomic E-state index is -3.47. The van der Waals surface area contributed by atoms with Gasteiger partial charge in [-0.1, -0.05) is 48.0 Å². The zero-order valence-corrected chi connectivity index (χ0v) is 19.0. The van der Waals surface area contributed by atoms with Gasteiger partial charge in [0, 0.05) is 43.4 Å². The van der Waals surface area contributed by atoms with Gasteiger partial charge in [-0.15, -0.1) is 0 Å². The molecular weight excluding hydrogens is 422 g/mol. The Morgan fingerprint density at radius 3 is 2.37 bits per heavy atom. The molecule has 0 atom stereocenters. The molecule has 1 aliphatic heterocycles. The molecule has 2 aromatic carbocycles. The third-order valence-electron chi connectivity index (χ3n) is 5.42. The van der Waals surface area contributed by atoms with E-state index in [9.17, 15) is 13.2 Å². The monoisotopic (exact) mass is 449 g/mol. The first-order valence-corrected chi connectivity index (χ1v) is 12.2. The number of sulfonamides is 1. The molecule has 0 radical (unpaired) electrons. The SMILES string of the molecule is Cc1ccc(Cl)cc1N1CCN(C(=O)CN(CCc2ccccc2)S(C)(=O)=O)CC1. The number of nitrogens with zero attached hydrogens (tertiary/aromatic N) is 3. The number of hydrogen-bond acceptors (Lipinski definition) is 4. The lowest BCUT2D eigenvalue weighted by atomic mass is 10.1. The van der Waals surface area contributed by atoms with Crippen molar-refractivity contribution in [3.8, 4) is 0 Å². The van der Waals surface area contributed by atoms with Crippen molar-refractivity contribution in [2.45, 2.75) is 13.3 Å². The van der Waals surface area contributed by atoms with Crippen LogP contribution in [0.2, 0.25) is 5.02 Å². The number of rotatable bonds is 7. The number of carbonyl (C=O) groups is 1. The van der Waals surface area contributed by atoms with E-state index < -0.39 is 10.0 Å². The van der Waals surface area contributed by atoms with Crippen molar-refractivity contribution in [2.75, 3.05) is 50.4 Å². The fourth-order valence-electron chi connectivity index (χ4n) is 3.63. The van der Waals surface area contributed by atoms with Gasteiger partial charge in [0.25, 0.3) is 0 Å². The van der Waals surface area contributed by atoms with E-state index in [0.29, 0.717) is 37.6 Å². The Kier molecular flexibility index (Phi) is 7.39. The molecule has 2 aromatic rings. The first-order valence-electron chi connectivity index (χ1n) is 10.0. The van der Waals surface area contributed by atoms with Gasteiger partial charge in [-0.2, -0.15) is 4.31 Å². The van der Waals surface area contributed by atoms with E-state index in [-0.39, 0.29) is 19.0 Å². The summed E-state index contributed by atoms with van der Waals surface area (Å²) in [6.45, 7) is 4.70. The average Bonchev–Trinajstić information content (AvgIpc) is 2.72. The van der Waals surface area contributed by atoms with Gasteiger partial charge in [-0.05, 0) is 36.6 Å². The number of aryl methyl sites for hydroxylation is 1. The highest BCUT2D eigenvalue weighted by Crippen LogP contribution is 2.25. The van der Waals surface area contributed by atoms with E-state index in [1.165, 1.54) is 4.31 Å². The maximum atomic E-state index is 12.8. The van der Waals surface area contributed by atoms with Crippen LogP contribution in [-0.4, -0.2) is 69.1 Å². The van der Waals surface area contributed by atoms with Gasteiger partial charge in [-0.25, -0.2) is 8.42 Å². The fraction of sp³-hybridized carbons (Fsp3) is 0.409. The number of amides is 1. The molecule has 8 heteroatoms. The van der Waals surface area contributed by atoms with Crippen molar-refractivity contribution in [3.63, 3.8) is 0 Å². The molecule has 30 heavy (non-hydrogen) atoms. The Balaban J connectivity index is 1.58. The normalized spacial score (nSPS) is 14.9. The zero-order chi connectivity index (χ0) is 21.7. The molecule has 0 bridgehead atoms. The lowest BCUT2D eigenvalue weighted by Crippen LogP contribution is -2.52. The van der Waals surface area contributed by atoms with Crippen LogP contribution < -0.4 is 4.90 Å². The second-order valence-electron chi connectivity index (χ2n) is 7.63. The second-order valence-corrected chi connectivity index (χ2v) is 10.0. The van der Waals surface area contributed by atoms with Crippen LogP contribution in [0.15, 0.2) is 48.5 Å². The van der Waals surface area contributed by atoms with Gasteiger partial charge in [0.1, 0.15) is 0 Å². The molecule has 3 rings (SSSR count). The third kappa shape index (κ3) is 5.97. The van der Waals surface area contributed by atoms with Crippen molar-refractivity contribution in [1.82, 2.24) is 9.21 Å². The summed E-state index contributed by atoms with van der Waals surface area (Å²) < 4.78 is 25.7. The Morgan fingerprint density at radius 2 is 1.73 bits per heavy atom. The summed E-state index contributed by atoms with van der Waals surface area (Å²) in [6.07, 6.45) is 1.73. The zero-order valence-electron chi connectivity index (χ0n) is 17.4. The molecule has 0 aliphatic carbocycles. The summed E-state index contributed by atoms with van der Waals surface area (Å²) in [5.74, 6) is -0.157. The second kappa shape index (κ2) is 9.81. The van der Waals surface area contributed by atoms with Crippen molar-refractivity contribution in [1.29, 1.82) is 0 Å². The summed E-state index contributed by atoms with van der Waals surface area (Å²) in [7, 11) is -3.47. The van der Waals surface area contributed by atoms with Crippen LogP contribution in [-0.2, 0) is 21.2 Å². The van der Waals surface area contributed by atoms with Crippen LogP contribution in [0.3, 0.4) is 0 Å². The van der Waals surface area contributed by atoms with Crippen LogP contribution in [0.4, 0.5) is 5.69 Å². The number of hydrogen-bond donors (Lipinski definition) is 0. The molecule has 0 aromatic heterocycles. The van der Waals surface area contributed by atoms with Crippen LogP contribution in [0, 0.1) is 6.92 Å². The predicted molar refractivity (Wildman–Crippen MR) is 122 cm³/mol. The molecule has 0 spiro atoms. The quantitative estimate of drug-likeness (QED) is 0.652. The van der Waals surface area contributed by atoms with Crippen LogP contribution in [0.5, 0.6) is 0 Å². The molecule has 1 saturated heterocycles. The number of benzene rings is 2. The van der Waals surface area contributed by atoms with Gasteiger partial charge in [0.05, 0.1) is 12.8 Å². The summed E-state index contributed by atoms with van der Waals surface area (Å²) in [6, 6.07) is 15.5. The fourth-order valence-corrected chi connectivity index (χ4v) is 4.57. The molecule has 0 N–H and O–H groups in total. The number of carbonyl (C=O) groups excluding carboxylic acids is 1.